The Morgan fingerprint density at radius 2 is 1.44 bits per heavy atom. The van der Waals surface area contributed by atoms with Gasteiger partial charge in [-0.15, -0.1) is 0 Å². The van der Waals surface area contributed by atoms with Crippen LogP contribution in [0.2, 0.25) is 0 Å². The Hall–Kier alpha value is -4.33. The van der Waals surface area contributed by atoms with E-state index in [2.05, 4.69) is 5.32 Å². The summed E-state index contributed by atoms with van der Waals surface area (Å²) in [5.41, 5.74) is 1.70. The van der Waals surface area contributed by atoms with Crippen LogP contribution >= 0.6 is 0 Å². The van der Waals surface area contributed by atoms with Gasteiger partial charge in [-0.05, 0) is 42.0 Å². The average Bonchev–Trinajstić information content (AvgIpc) is 3.11. The standard InChI is InChI=1S/C26H24N2O6/c1-32-21-12-11-17(16-28-25(30)18-7-3-4-8-19(18)26(28)31)15-20(21)24(29)27-13-14-34-23-10-6-5-9-22(23)33-2/h3-12,15H,13-14,16H2,1-2H3,(H,27,29). The van der Waals surface area contributed by atoms with Crippen molar-refractivity contribution >= 4 is 17.7 Å². The van der Waals surface area contributed by atoms with Crippen molar-refractivity contribution in [3.8, 4) is 17.2 Å². The number of nitrogens with zero attached hydrogens (tertiary/aromatic N) is 1. The highest BCUT2D eigenvalue weighted by Crippen LogP contribution is 2.27. The predicted octanol–water partition coefficient (Wildman–Crippen LogP) is 3.31. The molecule has 0 saturated heterocycles. The number of hydrogen-bond acceptors (Lipinski definition) is 6. The normalized spacial score (nSPS) is 12.4. The number of imide groups is 1. The summed E-state index contributed by atoms with van der Waals surface area (Å²) in [6, 6.07) is 19.0. The number of methoxy groups -OCH3 is 2. The Kier molecular flexibility index (Phi) is 6.77. The largest absolute Gasteiger partial charge is 0.496 e. The SMILES string of the molecule is COc1ccccc1OCCNC(=O)c1cc(CN2C(=O)c3ccccc3C2=O)ccc1OC. The minimum Gasteiger partial charge on any atom is -0.496 e. The molecule has 0 saturated carbocycles. The molecule has 0 aromatic heterocycles. The number of fused-ring (bicyclic) bond motifs is 1. The molecule has 1 aliphatic rings. The molecule has 1 heterocycles. The van der Waals surface area contributed by atoms with E-state index in [1.165, 1.54) is 12.0 Å². The molecule has 3 aromatic rings. The molecular formula is C26H24N2O6. The topological polar surface area (TPSA) is 94.2 Å². The van der Waals surface area contributed by atoms with E-state index in [1.54, 1.807) is 61.7 Å². The Balaban J connectivity index is 1.42. The molecule has 0 atom stereocenters. The number of benzene rings is 3. The Bertz CT molecular complexity index is 1200. The molecule has 0 bridgehead atoms. The van der Waals surface area contributed by atoms with Gasteiger partial charge in [-0.2, -0.15) is 0 Å². The summed E-state index contributed by atoms with van der Waals surface area (Å²) in [7, 11) is 3.03. The van der Waals surface area contributed by atoms with Crippen molar-refractivity contribution in [1.82, 2.24) is 10.2 Å². The lowest BCUT2D eigenvalue weighted by Gasteiger charge is -2.16. The van der Waals surface area contributed by atoms with Crippen molar-refractivity contribution in [3.05, 3.63) is 89.0 Å². The third-order valence-electron chi connectivity index (χ3n) is 5.44. The number of hydrogen-bond donors (Lipinski definition) is 1. The fourth-order valence-corrected chi connectivity index (χ4v) is 3.76. The van der Waals surface area contributed by atoms with Gasteiger partial charge >= 0.3 is 0 Å². The molecule has 0 spiro atoms. The van der Waals surface area contributed by atoms with Crippen LogP contribution in [0.1, 0.15) is 36.6 Å². The Labute approximate surface area is 197 Å². The van der Waals surface area contributed by atoms with E-state index in [0.717, 1.165) is 0 Å². The summed E-state index contributed by atoms with van der Waals surface area (Å²) in [5, 5.41) is 2.80. The average molecular weight is 460 g/mol. The minimum atomic E-state index is -0.357. The quantitative estimate of drug-likeness (QED) is 0.389. The van der Waals surface area contributed by atoms with Crippen LogP contribution in [0.3, 0.4) is 0 Å². The van der Waals surface area contributed by atoms with Crippen LogP contribution in [0.15, 0.2) is 66.7 Å². The molecule has 0 fully saturated rings. The van der Waals surface area contributed by atoms with Gasteiger partial charge in [0.15, 0.2) is 11.5 Å². The van der Waals surface area contributed by atoms with Gasteiger partial charge in [0, 0.05) is 0 Å². The number of carbonyl (C=O) groups is 3. The third kappa shape index (κ3) is 4.56. The molecule has 0 unspecified atom stereocenters. The highest BCUT2D eigenvalue weighted by molar-refractivity contribution is 6.21. The molecule has 34 heavy (non-hydrogen) atoms. The third-order valence-corrected chi connectivity index (χ3v) is 5.44. The Morgan fingerprint density at radius 1 is 0.824 bits per heavy atom. The fraction of sp³-hybridized carbons (Fsp3) is 0.192. The summed E-state index contributed by atoms with van der Waals surface area (Å²) >= 11 is 0. The molecule has 8 nitrogen and oxygen atoms in total. The van der Waals surface area contributed by atoms with Crippen LogP contribution in [-0.4, -0.2) is 50.0 Å². The molecule has 0 radical (unpaired) electrons. The van der Waals surface area contributed by atoms with Gasteiger partial charge in [0.1, 0.15) is 12.4 Å². The van der Waals surface area contributed by atoms with Crippen LogP contribution < -0.4 is 19.5 Å². The second kappa shape index (κ2) is 10.1. The van der Waals surface area contributed by atoms with E-state index in [-0.39, 0.29) is 37.4 Å². The van der Waals surface area contributed by atoms with Gasteiger partial charge in [0.25, 0.3) is 17.7 Å². The first-order valence-corrected chi connectivity index (χ1v) is 10.7. The van der Waals surface area contributed by atoms with Gasteiger partial charge in [-0.1, -0.05) is 30.3 Å². The first kappa shape index (κ1) is 22.8. The maximum Gasteiger partial charge on any atom is 0.261 e. The van der Waals surface area contributed by atoms with Crippen molar-refractivity contribution in [2.45, 2.75) is 6.54 Å². The molecule has 1 N–H and O–H groups in total. The maximum absolute atomic E-state index is 12.8. The number of ether oxygens (including phenoxy) is 3. The van der Waals surface area contributed by atoms with Crippen LogP contribution in [-0.2, 0) is 6.54 Å². The minimum absolute atomic E-state index is 0.0491. The zero-order valence-electron chi connectivity index (χ0n) is 18.9. The van der Waals surface area contributed by atoms with E-state index < -0.39 is 0 Å². The molecule has 3 amide bonds. The molecule has 1 aliphatic heterocycles. The van der Waals surface area contributed by atoms with E-state index >= 15 is 0 Å². The number of amides is 3. The van der Waals surface area contributed by atoms with Gasteiger partial charge in [0.05, 0.1) is 44.0 Å². The van der Waals surface area contributed by atoms with Crippen LogP contribution in [0, 0.1) is 0 Å². The lowest BCUT2D eigenvalue weighted by Crippen LogP contribution is -2.30. The van der Waals surface area contributed by atoms with Crippen molar-refractivity contribution in [2.75, 3.05) is 27.4 Å². The smallest absolute Gasteiger partial charge is 0.261 e. The second-order valence-electron chi connectivity index (χ2n) is 7.53. The number of para-hydroxylation sites is 2. The summed E-state index contributed by atoms with van der Waals surface area (Å²) in [4.78, 5) is 39.4. The van der Waals surface area contributed by atoms with E-state index in [9.17, 15) is 14.4 Å². The zero-order chi connectivity index (χ0) is 24.1. The van der Waals surface area contributed by atoms with E-state index in [0.29, 0.717) is 39.5 Å². The van der Waals surface area contributed by atoms with Crippen molar-refractivity contribution < 1.29 is 28.6 Å². The molecule has 174 valence electrons. The van der Waals surface area contributed by atoms with Crippen LogP contribution in [0.5, 0.6) is 17.2 Å². The fourth-order valence-electron chi connectivity index (χ4n) is 3.76. The monoisotopic (exact) mass is 460 g/mol. The summed E-state index contributed by atoms with van der Waals surface area (Å²) in [6.07, 6.45) is 0. The number of rotatable bonds is 9. The van der Waals surface area contributed by atoms with Gasteiger partial charge < -0.3 is 19.5 Å². The lowest BCUT2D eigenvalue weighted by atomic mass is 10.1. The summed E-state index contributed by atoms with van der Waals surface area (Å²) < 4.78 is 16.3. The molecule has 8 heteroatoms. The van der Waals surface area contributed by atoms with Crippen LogP contribution in [0.25, 0.3) is 0 Å². The molecule has 3 aromatic carbocycles. The predicted molar refractivity (Wildman–Crippen MR) is 124 cm³/mol. The van der Waals surface area contributed by atoms with Crippen molar-refractivity contribution in [3.63, 3.8) is 0 Å². The van der Waals surface area contributed by atoms with Crippen LogP contribution in [0.4, 0.5) is 0 Å². The second-order valence-corrected chi connectivity index (χ2v) is 7.53. The first-order chi connectivity index (χ1) is 16.5. The Morgan fingerprint density at radius 3 is 2.09 bits per heavy atom. The highest BCUT2D eigenvalue weighted by Gasteiger charge is 2.35. The number of carbonyl (C=O) groups excluding carboxylic acids is 3. The van der Waals surface area contributed by atoms with E-state index in [1.807, 2.05) is 12.1 Å². The van der Waals surface area contributed by atoms with Gasteiger partial charge in [0.2, 0.25) is 0 Å². The van der Waals surface area contributed by atoms with Gasteiger partial charge in [-0.3, -0.25) is 19.3 Å². The molecule has 4 rings (SSSR count). The molecule has 0 aliphatic carbocycles. The van der Waals surface area contributed by atoms with Crippen molar-refractivity contribution in [1.29, 1.82) is 0 Å². The molecular weight excluding hydrogens is 436 g/mol. The zero-order valence-corrected chi connectivity index (χ0v) is 18.9. The first-order valence-electron chi connectivity index (χ1n) is 10.7. The highest BCUT2D eigenvalue weighted by atomic mass is 16.5. The maximum atomic E-state index is 12.8. The van der Waals surface area contributed by atoms with Gasteiger partial charge in [-0.25, -0.2) is 0 Å². The van der Waals surface area contributed by atoms with E-state index in [4.69, 9.17) is 14.2 Å². The lowest BCUT2D eigenvalue weighted by molar-refractivity contribution is 0.0642. The van der Waals surface area contributed by atoms with Crippen molar-refractivity contribution in [2.24, 2.45) is 0 Å². The summed E-state index contributed by atoms with van der Waals surface area (Å²) in [6.45, 7) is 0.541. The summed E-state index contributed by atoms with van der Waals surface area (Å²) in [5.74, 6) is 0.516. The number of nitrogens with one attached hydrogen (secondary N) is 1.